The second-order valence-electron chi connectivity index (χ2n) is 3.68. The summed E-state index contributed by atoms with van der Waals surface area (Å²) in [6.07, 6.45) is 0. The third-order valence-electron chi connectivity index (χ3n) is 2.48. The van der Waals surface area contributed by atoms with Gasteiger partial charge in [-0.05, 0) is 25.5 Å². The molecule has 1 N–H and O–H groups in total. The van der Waals surface area contributed by atoms with Crippen molar-refractivity contribution < 1.29 is 0 Å². The highest BCUT2D eigenvalue weighted by Crippen LogP contribution is 2.33. The first-order valence-corrected chi connectivity index (χ1v) is 6.01. The summed E-state index contributed by atoms with van der Waals surface area (Å²) in [5.41, 5.74) is 3.15. The van der Waals surface area contributed by atoms with Gasteiger partial charge in [-0.25, -0.2) is 4.98 Å². The summed E-state index contributed by atoms with van der Waals surface area (Å²) >= 11 is 6.73. The van der Waals surface area contributed by atoms with E-state index in [1.165, 1.54) is 5.56 Å². The van der Waals surface area contributed by atoms with Crippen LogP contribution in [0.5, 0.6) is 0 Å². The zero-order chi connectivity index (χ0) is 11.3. The number of aromatic nitrogens is 4. The molecule has 3 rings (SSSR count). The smallest absolute Gasteiger partial charge is 0.169 e. The minimum atomic E-state index is 0.536. The molecule has 0 radical (unpaired) electrons. The Morgan fingerprint density at radius 2 is 2.19 bits per heavy atom. The van der Waals surface area contributed by atoms with Gasteiger partial charge in [0.25, 0.3) is 0 Å². The number of nitrogens with zero attached hydrogens (tertiary/aromatic N) is 3. The summed E-state index contributed by atoms with van der Waals surface area (Å²) in [4.78, 5) is 5.50. The fourth-order valence-corrected chi connectivity index (χ4v) is 3.26. The number of thiophene rings is 1. The van der Waals surface area contributed by atoms with E-state index in [4.69, 9.17) is 12.2 Å². The number of rotatable bonds is 0. The molecule has 80 valence electrons. The van der Waals surface area contributed by atoms with E-state index in [1.54, 1.807) is 11.3 Å². The molecule has 0 atom stereocenters. The van der Waals surface area contributed by atoms with E-state index < -0.39 is 0 Å². The number of aromatic amines is 1. The number of hydrogen-bond donors (Lipinski definition) is 1. The van der Waals surface area contributed by atoms with Crippen LogP contribution in [0.4, 0.5) is 0 Å². The Bertz CT molecular complexity index is 756. The van der Waals surface area contributed by atoms with Crippen molar-refractivity contribution in [2.75, 3.05) is 0 Å². The van der Waals surface area contributed by atoms with E-state index in [0.717, 1.165) is 26.1 Å². The van der Waals surface area contributed by atoms with Crippen LogP contribution in [0.25, 0.3) is 20.4 Å². The number of pyridine rings is 1. The van der Waals surface area contributed by atoms with Crippen LogP contribution < -0.4 is 0 Å². The SMILES string of the molecule is Cc1cc(C)c2c(n1)sc1c(=S)nn[nH]c12. The molecule has 0 spiro atoms. The lowest BCUT2D eigenvalue weighted by molar-refractivity contribution is 0.891. The zero-order valence-corrected chi connectivity index (χ0v) is 10.4. The molecule has 3 heterocycles. The third-order valence-corrected chi connectivity index (χ3v) is 3.99. The molecule has 6 heteroatoms. The van der Waals surface area contributed by atoms with Crippen LogP contribution in [0.3, 0.4) is 0 Å². The van der Waals surface area contributed by atoms with Gasteiger partial charge in [-0.2, -0.15) is 0 Å². The Kier molecular flexibility index (Phi) is 2.02. The van der Waals surface area contributed by atoms with Crippen LogP contribution in [-0.4, -0.2) is 20.4 Å². The average Bonchev–Trinajstić information content (AvgIpc) is 2.57. The van der Waals surface area contributed by atoms with Crippen LogP contribution in [0, 0.1) is 18.5 Å². The van der Waals surface area contributed by atoms with Crippen molar-refractivity contribution in [3.05, 3.63) is 22.0 Å². The first kappa shape index (κ1) is 9.80. The summed E-state index contributed by atoms with van der Waals surface area (Å²) in [5, 5.41) is 11.7. The van der Waals surface area contributed by atoms with E-state index in [2.05, 4.69) is 33.4 Å². The maximum atomic E-state index is 5.16. The topological polar surface area (TPSA) is 54.5 Å². The molecule has 0 unspecified atom stereocenters. The molecule has 4 nitrogen and oxygen atoms in total. The fourth-order valence-electron chi connectivity index (χ4n) is 1.86. The highest BCUT2D eigenvalue weighted by Gasteiger charge is 2.11. The average molecular weight is 248 g/mol. The molecule has 0 bridgehead atoms. The Hall–Kier alpha value is -1.40. The minimum Gasteiger partial charge on any atom is -0.257 e. The molecule has 16 heavy (non-hydrogen) atoms. The molecule has 0 aliphatic carbocycles. The van der Waals surface area contributed by atoms with Gasteiger partial charge in [-0.3, -0.25) is 5.10 Å². The standard InChI is InChI=1S/C10H8N4S2/c1-4-3-5(2)11-10-6(4)7-8(16-10)9(15)13-14-12-7/h3H,1-2H3,(H,12,13,15). The van der Waals surface area contributed by atoms with E-state index in [9.17, 15) is 0 Å². The summed E-state index contributed by atoms with van der Waals surface area (Å²) < 4.78 is 1.50. The third kappa shape index (κ3) is 1.27. The molecular weight excluding hydrogens is 240 g/mol. The van der Waals surface area contributed by atoms with Crippen LogP contribution in [-0.2, 0) is 0 Å². The Balaban J connectivity index is 2.67. The first-order chi connectivity index (χ1) is 7.66. The number of aryl methyl sites for hydroxylation is 2. The molecule has 0 aliphatic heterocycles. The lowest BCUT2D eigenvalue weighted by Crippen LogP contribution is -1.88. The molecule has 3 aromatic rings. The maximum Gasteiger partial charge on any atom is 0.169 e. The van der Waals surface area contributed by atoms with Crippen molar-refractivity contribution in [1.82, 2.24) is 20.4 Å². The van der Waals surface area contributed by atoms with Gasteiger partial charge in [0.15, 0.2) is 4.64 Å². The Morgan fingerprint density at radius 1 is 1.38 bits per heavy atom. The molecule has 0 saturated carbocycles. The van der Waals surface area contributed by atoms with Crippen LogP contribution >= 0.6 is 23.6 Å². The maximum absolute atomic E-state index is 5.16. The van der Waals surface area contributed by atoms with E-state index in [1.807, 2.05) is 6.92 Å². The molecule has 0 saturated heterocycles. The molecular formula is C10H8N4S2. The van der Waals surface area contributed by atoms with Gasteiger partial charge < -0.3 is 0 Å². The normalized spacial score (nSPS) is 11.4. The molecule has 0 fully saturated rings. The van der Waals surface area contributed by atoms with Gasteiger partial charge in [0, 0.05) is 11.1 Å². The lowest BCUT2D eigenvalue weighted by atomic mass is 10.2. The van der Waals surface area contributed by atoms with Crippen LogP contribution in [0.15, 0.2) is 6.07 Å². The summed E-state index contributed by atoms with van der Waals surface area (Å²) in [5.74, 6) is 0. The van der Waals surface area contributed by atoms with Gasteiger partial charge in [0.1, 0.15) is 4.83 Å². The second-order valence-corrected chi connectivity index (χ2v) is 5.07. The van der Waals surface area contributed by atoms with Crippen molar-refractivity contribution in [3.63, 3.8) is 0 Å². The molecule has 0 aromatic carbocycles. The van der Waals surface area contributed by atoms with Crippen molar-refractivity contribution in [1.29, 1.82) is 0 Å². The number of fused-ring (bicyclic) bond motifs is 3. The number of H-pyrrole nitrogens is 1. The van der Waals surface area contributed by atoms with Crippen molar-refractivity contribution >= 4 is 44.0 Å². The summed E-state index contributed by atoms with van der Waals surface area (Å²) in [6, 6.07) is 2.06. The zero-order valence-electron chi connectivity index (χ0n) is 8.74. The number of nitrogens with one attached hydrogen (secondary N) is 1. The van der Waals surface area contributed by atoms with Crippen LogP contribution in [0.2, 0.25) is 0 Å². The van der Waals surface area contributed by atoms with E-state index >= 15 is 0 Å². The highest BCUT2D eigenvalue weighted by molar-refractivity contribution is 7.71. The predicted molar refractivity (Wildman–Crippen MR) is 67.4 cm³/mol. The van der Waals surface area contributed by atoms with Gasteiger partial charge in [-0.15, -0.1) is 16.4 Å². The fraction of sp³-hybridized carbons (Fsp3) is 0.200. The van der Waals surface area contributed by atoms with Gasteiger partial charge in [0.05, 0.1) is 10.2 Å². The van der Waals surface area contributed by atoms with Crippen molar-refractivity contribution in [2.24, 2.45) is 0 Å². The Morgan fingerprint density at radius 3 is 3.00 bits per heavy atom. The van der Waals surface area contributed by atoms with E-state index in [0.29, 0.717) is 4.64 Å². The van der Waals surface area contributed by atoms with Crippen LogP contribution in [0.1, 0.15) is 11.3 Å². The number of hydrogen-bond acceptors (Lipinski definition) is 5. The quantitative estimate of drug-likeness (QED) is 0.621. The minimum absolute atomic E-state index is 0.536. The molecule has 3 aromatic heterocycles. The molecule has 0 aliphatic rings. The second kappa shape index (κ2) is 3.29. The molecule has 0 amide bonds. The van der Waals surface area contributed by atoms with Gasteiger partial charge in [-0.1, -0.05) is 17.4 Å². The van der Waals surface area contributed by atoms with Gasteiger partial charge >= 0.3 is 0 Å². The van der Waals surface area contributed by atoms with Crippen molar-refractivity contribution in [3.8, 4) is 0 Å². The Labute approximate surface area is 100 Å². The predicted octanol–water partition coefficient (Wildman–Crippen LogP) is 2.91. The largest absolute Gasteiger partial charge is 0.257 e. The monoisotopic (exact) mass is 248 g/mol. The summed E-state index contributed by atoms with van der Waals surface area (Å²) in [7, 11) is 0. The lowest BCUT2D eigenvalue weighted by Gasteiger charge is -1.98. The highest BCUT2D eigenvalue weighted by atomic mass is 32.1. The van der Waals surface area contributed by atoms with Gasteiger partial charge in [0.2, 0.25) is 0 Å². The van der Waals surface area contributed by atoms with E-state index in [-0.39, 0.29) is 0 Å². The summed E-state index contributed by atoms with van der Waals surface area (Å²) in [6.45, 7) is 4.06. The van der Waals surface area contributed by atoms with Crippen molar-refractivity contribution in [2.45, 2.75) is 13.8 Å². The first-order valence-electron chi connectivity index (χ1n) is 4.78.